The van der Waals surface area contributed by atoms with E-state index in [0.29, 0.717) is 48.9 Å². The molecule has 2 heterocycles. The maximum absolute atomic E-state index is 13.2. The van der Waals surface area contributed by atoms with Crippen molar-refractivity contribution in [1.29, 1.82) is 0 Å². The van der Waals surface area contributed by atoms with Gasteiger partial charge in [-0.15, -0.1) is 0 Å². The number of ether oxygens (including phenoxy) is 2. The molecule has 0 unspecified atom stereocenters. The van der Waals surface area contributed by atoms with Crippen molar-refractivity contribution in [3.63, 3.8) is 0 Å². The molecule has 0 spiro atoms. The van der Waals surface area contributed by atoms with Gasteiger partial charge < -0.3 is 18.9 Å². The molecule has 1 aliphatic heterocycles. The Hall–Kier alpha value is -3.61. The predicted octanol–water partition coefficient (Wildman–Crippen LogP) is 4.95. The molecule has 0 aliphatic carbocycles. The average Bonchev–Trinajstić information content (AvgIpc) is 3.14. The minimum absolute atomic E-state index is 0.0741. The molecule has 6 nitrogen and oxygen atoms in total. The zero-order valence-corrected chi connectivity index (χ0v) is 18.4. The van der Waals surface area contributed by atoms with E-state index in [1.54, 1.807) is 42.3 Å². The van der Waals surface area contributed by atoms with Gasteiger partial charge in [0.1, 0.15) is 18.2 Å². The summed E-state index contributed by atoms with van der Waals surface area (Å²) >= 11 is 0. The number of methoxy groups -OCH3 is 1. The van der Waals surface area contributed by atoms with Gasteiger partial charge in [-0.2, -0.15) is 0 Å². The van der Waals surface area contributed by atoms with Crippen molar-refractivity contribution < 1.29 is 23.2 Å². The smallest absolute Gasteiger partial charge is 0.254 e. The molecule has 4 rings (SSSR count). The Bertz CT molecular complexity index is 1130. The van der Waals surface area contributed by atoms with Crippen LogP contribution >= 0.6 is 0 Å². The third-order valence-electron chi connectivity index (χ3n) is 5.68. The van der Waals surface area contributed by atoms with E-state index in [2.05, 4.69) is 5.16 Å². The molecule has 0 bridgehead atoms. The van der Waals surface area contributed by atoms with Gasteiger partial charge in [-0.25, -0.2) is 4.39 Å². The van der Waals surface area contributed by atoms with Gasteiger partial charge in [-0.1, -0.05) is 23.4 Å². The Kier molecular flexibility index (Phi) is 6.25. The first kappa shape index (κ1) is 21.6. The predicted molar refractivity (Wildman–Crippen MR) is 118 cm³/mol. The Morgan fingerprint density at radius 1 is 1.16 bits per heavy atom. The molecule has 32 heavy (non-hydrogen) atoms. The van der Waals surface area contributed by atoms with Crippen LogP contribution in [0.2, 0.25) is 0 Å². The molecule has 0 fully saturated rings. The van der Waals surface area contributed by atoms with Gasteiger partial charge in [-0.05, 0) is 61.7 Å². The third-order valence-corrected chi connectivity index (χ3v) is 5.68. The molecule has 0 saturated heterocycles. The number of aryl methyl sites for hydroxylation is 2. The zero-order chi connectivity index (χ0) is 22.7. The first-order valence-electron chi connectivity index (χ1n) is 10.4. The fourth-order valence-electron chi connectivity index (χ4n) is 3.74. The van der Waals surface area contributed by atoms with E-state index in [-0.39, 0.29) is 11.7 Å². The average molecular weight is 436 g/mol. The summed E-state index contributed by atoms with van der Waals surface area (Å²) in [5, 5.41) is 3.93. The van der Waals surface area contributed by atoms with Crippen LogP contribution < -0.4 is 9.47 Å². The first-order valence-corrected chi connectivity index (χ1v) is 10.4. The number of nitrogens with zero attached hydrogens (tertiary/aromatic N) is 2. The maximum atomic E-state index is 13.2. The molecule has 1 aliphatic rings. The van der Waals surface area contributed by atoms with Crippen LogP contribution in [0.25, 0.3) is 5.57 Å². The van der Waals surface area contributed by atoms with Crippen molar-refractivity contribution in [2.24, 2.45) is 0 Å². The highest BCUT2D eigenvalue weighted by atomic mass is 19.1. The number of carbonyl (C=O) groups excluding carboxylic acids is 1. The van der Waals surface area contributed by atoms with Crippen LogP contribution in [-0.2, 0) is 6.61 Å². The second kappa shape index (κ2) is 9.26. The summed E-state index contributed by atoms with van der Waals surface area (Å²) in [5.41, 5.74) is 4.32. The van der Waals surface area contributed by atoms with Crippen LogP contribution in [0.15, 0.2) is 53.1 Å². The molecule has 166 valence electrons. The Morgan fingerprint density at radius 2 is 1.94 bits per heavy atom. The number of hydrogen-bond donors (Lipinski definition) is 0. The van der Waals surface area contributed by atoms with Crippen LogP contribution in [0.5, 0.6) is 11.5 Å². The van der Waals surface area contributed by atoms with Crippen molar-refractivity contribution in [3.8, 4) is 11.5 Å². The number of benzene rings is 2. The van der Waals surface area contributed by atoms with E-state index in [1.807, 2.05) is 19.9 Å². The minimum atomic E-state index is -0.255. The normalized spacial score (nSPS) is 13.6. The lowest BCUT2D eigenvalue weighted by Crippen LogP contribution is -2.34. The number of aromatic nitrogens is 1. The molecule has 3 aromatic rings. The van der Waals surface area contributed by atoms with Crippen LogP contribution in [0.4, 0.5) is 4.39 Å². The van der Waals surface area contributed by atoms with Crippen LogP contribution in [0, 0.1) is 19.7 Å². The number of amides is 1. The summed E-state index contributed by atoms with van der Waals surface area (Å²) < 4.78 is 29.7. The topological polar surface area (TPSA) is 64.8 Å². The quantitative estimate of drug-likeness (QED) is 0.547. The van der Waals surface area contributed by atoms with Gasteiger partial charge in [0.2, 0.25) is 0 Å². The molecular weight excluding hydrogens is 411 g/mol. The number of rotatable bonds is 6. The molecule has 0 N–H and O–H groups in total. The SMILES string of the molecule is COc1cc(C(=O)N2CC=C(c3ccc(F)cc3)CC2)ccc1OCc1c(C)noc1C. The number of carbonyl (C=O) groups is 1. The van der Waals surface area contributed by atoms with Gasteiger partial charge >= 0.3 is 0 Å². The molecular formula is C25H25FN2O4. The van der Waals surface area contributed by atoms with Crippen LogP contribution in [0.3, 0.4) is 0 Å². The van der Waals surface area contributed by atoms with Gasteiger partial charge in [0, 0.05) is 18.7 Å². The van der Waals surface area contributed by atoms with Crippen molar-refractivity contribution >= 4 is 11.5 Å². The molecule has 7 heteroatoms. The summed E-state index contributed by atoms with van der Waals surface area (Å²) in [5.74, 6) is 1.42. The third kappa shape index (κ3) is 4.51. The second-order valence-corrected chi connectivity index (χ2v) is 7.69. The summed E-state index contributed by atoms with van der Waals surface area (Å²) in [4.78, 5) is 14.8. The minimum Gasteiger partial charge on any atom is -0.493 e. The highest BCUT2D eigenvalue weighted by Gasteiger charge is 2.21. The van der Waals surface area contributed by atoms with Crippen molar-refractivity contribution in [2.75, 3.05) is 20.2 Å². The van der Waals surface area contributed by atoms with Gasteiger partial charge in [-0.3, -0.25) is 4.79 Å². The summed E-state index contributed by atoms with van der Waals surface area (Å²) in [6, 6.07) is 11.6. The van der Waals surface area contributed by atoms with Crippen molar-refractivity contribution in [3.05, 3.63) is 82.5 Å². The zero-order valence-electron chi connectivity index (χ0n) is 18.4. The maximum Gasteiger partial charge on any atom is 0.254 e. The first-order chi connectivity index (χ1) is 15.5. The lowest BCUT2D eigenvalue weighted by Gasteiger charge is -2.27. The molecule has 0 saturated carbocycles. The molecule has 2 aromatic carbocycles. The van der Waals surface area contributed by atoms with Gasteiger partial charge in [0.05, 0.1) is 18.4 Å². The highest BCUT2D eigenvalue weighted by Crippen LogP contribution is 2.31. The van der Waals surface area contributed by atoms with E-state index in [0.717, 1.165) is 22.4 Å². The largest absolute Gasteiger partial charge is 0.493 e. The number of hydrogen-bond acceptors (Lipinski definition) is 5. The van der Waals surface area contributed by atoms with E-state index in [4.69, 9.17) is 14.0 Å². The number of halogens is 1. The summed E-state index contributed by atoms with van der Waals surface area (Å²) in [7, 11) is 1.55. The van der Waals surface area contributed by atoms with Gasteiger partial charge in [0.25, 0.3) is 5.91 Å². The Morgan fingerprint density at radius 3 is 2.56 bits per heavy atom. The monoisotopic (exact) mass is 436 g/mol. The fraction of sp³-hybridized carbons (Fsp3) is 0.280. The summed E-state index contributed by atoms with van der Waals surface area (Å²) in [6.45, 7) is 5.09. The van der Waals surface area contributed by atoms with Crippen LogP contribution in [-0.4, -0.2) is 36.2 Å². The fourth-order valence-corrected chi connectivity index (χ4v) is 3.74. The van der Waals surface area contributed by atoms with E-state index in [9.17, 15) is 9.18 Å². The second-order valence-electron chi connectivity index (χ2n) is 7.69. The Labute approximate surface area is 186 Å². The standard InChI is InChI=1S/C25H25FN2O4/c1-16-22(17(2)32-27-16)15-31-23-9-6-20(14-24(23)30-3)25(29)28-12-10-19(11-13-28)18-4-7-21(26)8-5-18/h4-10,14H,11-13,15H2,1-3H3. The highest BCUT2D eigenvalue weighted by molar-refractivity contribution is 5.95. The molecule has 1 aromatic heterocycles. The molecule has 0 radical (unpaired) electrons. The van der Waals surface area contributed by atoms with Crippen molar-refractivity contribution in [1.82, 2.24) is 10.1 Å². The Balaban J connectivity index is 1.44. The molecule has 0 atom stereocenters. The lowest BCUT2D eigenvalue weighted by molar-refractivity contribution is 0.0772. The van der Waals surface area contributed by atoms with Crippen molar-refractivity contribution in [2.45, 2.75) is 26.9 Å². The lowest BCUT2D eigenvalue weighted by atomic mass is 9.99. The summed E-state index contributed by atoms with van der Waals surface area (Å²) in [6.07, 6.45) is 2.74. The van der Waals surface area contributed by atoms with E-state index in [1.165, 1.54) is 12.1 Å². The van der Waals surface area contributed by atoms with E-state index >= 15 is 0 Å². The van der Waals surface area contributed by atoms with E-state index < -0.39 is 0 Å². The van der Waals surface area contributed by atoms with Crippen LogP contribution in [0.1, 0.15) is 39.4 Å². The van der Waals surface area contributed by atoms with Gasteiger partial charge in [0.15, 0.2) is 11.5 Å². The molecule has 1 amide bonds.